The number of aryl methyl sites for hydroxylation is 2. The summed E-state index contributed by atoms with van der Waals surface area (Å²) in [5, 5.41) is 0. The van der Waals surface area contributed by atoms with Gasteiger partial charge in [0.05, 0.1) is 12.2 Å². The van der Waals surface area contributed by atoms with Crippen LogP contribution < -0.4 is 5.73 Å². The van der Waals surface area contributed by atoms with Gasteiger partial charge >= 0.3 is 0 Å². The van der Waals surface area contributed by atoms with E-state index in [4.69, 9.17) is 10.2 Å². The average Bonchev–Trinajstić information content (AvgIpc) is 2.10. The number of oxazole rings is 1. The highest BCUT2D eigenvalue weighted by Gasteiger charge is 2.01. The first-order valence-electron chi connectivity index (χ1n) is 2.87. The van der Waals surface area contributed by atoms with Crippen LogP contribution >= 0.6 is 24.8 Å². The van der Waals surface area contributed by atoms with E-state index in [1.54, 1.807) is 0 Å². The fraction of sp³-hybridized carbons (Fsp3) is 0.500. The quantitative estimate of drug-likeness (QED) is 0.747. The minimum atomic E-state index is 0. The van der Waals surface area contributed by atoms with Gasteiger partial charge in [-0.15, -0.1) is 24.8 Å². The summed E-state index contributed by atoms with van der Waals surface area (Å²) in [6.45, 7) is 4.14. The molecule has 0 aliphatic rings. The zero-order valence-corrected chi connectivity index (χ0v) is 8.09. The lowest BCUT2D eigenvalue weighted by Gasteiger charge is -1.85. The Bertz CT molecular complexity index is 212. The highest BCUT2D eigenvalue weighted by molar-refractivity contribution is 5.85. The van der Waals surface area contributed by atoms with Gasteiger partial charge in [-0.3, -0.25) is 0 Å². The van der Waals surface area contributed by atoms with Gasteiger partial charge < -0.3 is 10.2 Å². The summed E-state index contributed by atoms with van der Waals surface area (Å²) in [6, 6.07) is 0. The predicted molar refractivity (Wildman–Crippen MR) is 48.4 cm³/mol. The molecular formula is C6H12Cl2N2O. The van der Waals surface area contributed by atoms with Crippen LogP contribution in [0.5, 0.6) is 0 Å². The molecule has 66 valence electrons. The van der Waals surface area contributed by atoms with E-state index < -0.39 is 0 Å². The third-order valence-corrected chi connectivity index (χ3v) is 1.18. The largest absolute Gasteiger partial charge is 0.444 e. The van der Waals surface area contributed by atoms with Crippen molar-refractivity contribution in [3.63, 3.8) is 0 Å². The van der Waals surface area contributed by atoms with Crippen LogP contribution in [0.25, 0.3) is 0 Å². The number of hydrogen-bond donors (Lipinski definition) is 1. The molecule has 0 atom stereocenters. The topological polar surface area (TPSA) is 52.0 Å². The van der Waals surface area contributed by atoms with Gasteiger partial charge in [0.2, 0.25) is 0 Å². The fourth-order valence-corrected chi connectivity index (χ4v) is 0.763. The summed E-state index contributed by atoms with van der Waals surface area (Å²) < 4.78 is 5.13. The minimum Gasteiger partial charge on any atom is -0.444 e. The first-order valence-corrected chi connectivity index (χ1v) is 2.87. The van der Waals surface area contributed by atoms with Crippen molar-refractivity contribution in [3.8, 4) is 0 Å². The van der Waals surface area contributed by atoms with Crippen molar-refractivity contribution in [2.45, 2.75) is 20.4 Å². The van der Waals surface area contributed by atoms with Crippen molar-refractivity contribution < 1.29 is 4.42 Å². The molecule has 1 rings (SSSR count). The minimum absolute atomic E-state index is 0. The highest BCUT2D eigenvalue weighted by atomic mass is 35.5. The third-order valence-electron chi connectivity index (χ3n) is 1.18. The molecule has 3 nitrogen and oxygen atoms in total. The summed E-state index contributed by atoms with van der Waals surface area (Å²) in [6.07, 6.45) is 0. The maximum absolute atomic E-state index is 5.33. The molecule has 0 bridgehead atoms. The molecule has 0 aliphatic heterocycles. The Morgan fingerprint density at radius 2 is 1.91 bits per heavy atom. The molecule has 1 aromatic rings. The molecule has 11 heavy (non-hydrogen) atoms. The van der Waals surface area contributed by atoms with E-state index in [0.29, 0.717) is 12.4 Å². The van der Waals surface area contributed by atoms with Crippen LogP contribution in [0, 0.1) is 13.8 Å². The Morgan fingerprint density at radius 1 is 1.36 bits per heavy atom. The number of hydrogen-bond acceptors (Lipinski definition) is 3. The van der Waals surface area contributed by atoms with Crippen LogP contribution in [0.4, 0.5) is 0 Å². The lowest BCUT2D eigenvalue weighted by Crippen LogP contribution is -1.95. The number of nitrogens with two attached hydrogens (primary N) is 1. The lowest BCUT2D eigenvalue weighted by molar-refractivity contribution is 0.475. The fourth-order valence-electron chi connectivity index (χ4n) is 0.763. The molecule has 0 saturated heterocycles. The van der Waals surface area contributed by atoms with E-state index in [9.17, 15) is 0 Å². The second-order valence-electron chi connectivity index (χ2n) is 1.95. The van der Waals surface area contributed by atoms with Crippen molar-refractivity contribution in [1.29, 1.82) is 0 Å². The summed E-state index contributed by atoms with van der Waals surface area (Å²) >= 11 is 0. The second kappa shape index (κ2) is 5.41. The summed E-state index contributed by atoms with van der Waals surface area (Å²) in [5.41, 5.74) is 6.23. The molecule has 1 aromatic heterocycles. The zero-order valence-electron chi connectivity index (χ0n) is 6.46. The maximum Gasteiger partial charge on any atom is 0.191 e. The number of rotatable bonds is 1. The monoisotopic (exact) mass is 198 g/mol. The molecule has 0 spiro atoms. The van der Waals surface area contributed by atoms with E-state index in [0.717, 1.165) is 11.5 Å². The lowest BCUT2D eigenvalue weighted by atomic mass is 10.4. The second-order valence-corrected chi connectivity index (χ2v) is 1.95. The van der Waals surface area contributed by atoms with Gasteiger partial charge in [-0.2, -0.15) is 0 Å². The van der Waals surface area contributed by atoms with Crippen molar-refractivity contribution in [2.75, 3.05) is 0 Å². The molecule has 0 fully saturated rings. The first-order chi connectivity index (χ1) is 4.24. The van der Waals surface area contributed by atoms with Crippen molar-refractivity contribution in [3.05, 3.63) is 17.3 Å². The molecule has 1 heterocycles. The Kier molecular flexibility index (Phi) is 6.56. The van der Waals surface area contributed by atoms with Crippen LogP contribution in [0.1, 0.15) is 17.3 Å². The zero-order chi connectivity index (χ0) is 6.85. The summed E-state index contributed by atoms with van der Waals surface area (Å²) in [5.74, 6) is 1.47. The standard InChI is InChI=1S/C6H10N2O.2ClH/c1-4-6(3-7)9-5(2)8-4;;/h3,7H2,1-2H3;2*1H. The van der Waals surface area contributed by atoms with Gasteiger partial charge in [-0.25, -0.2) is 4.98 Å². The molecule has 0 unspecified atom stereocenters. The van der Waals surface area contributed by atoms with Crippen molar-refractivity contribution >= 4 is 24.8 Å². The average molecular weight is 199 g/mol. The Hall–Kier alpha value is -0.250. The smallest absolute Gasteiger partial charge is 0.191 e. The van der Waals surface area contributed by atoms with Crippen LogP contribution in [0.15, 0.2) is 4.42 Å². The van der Waals surface area contributed by atoms with E-state index in [1.165, 1.54) is 0 Å². The van der Waals surface area contributed by atoms with Gasteiger partial charge in [0.25, 0.3) is 0 Å². The Morgan fingerprint density at radius 3 is 2.09 bits per heavy atom. The molecule has 0 amide bonds. The van der Waals surface area contributed by atoms with Gasteiger partial charge in [0.15, 0.2) is 5.89 Å². The predicted octanol–water partition coefficient (Wildman–Crippen LogP) is 1.59. The SMILES string of the molecule is Cc1nc(C)c(CN)o1.Cl.Cl. The van der Waals surface area contributed by atoms with Crippen LogP contribution in [0.2, 0.25) is 0 Å². The molecule has 0 aromatic carbocycles. The molecule has 0 aliphatic carbocycles. The summed E-state index contributed by atoms with van der Waals surface area (Å²) in [4.78, 5) is 4.04. The molecule has 0 saturated carbocycles. The number of aromatic nitrogens is 1. The van der Waals surface area contributed by atoms with Gasteiger partial charge in [0.1, 0.15) is 5.76 Å². The van der Waals surface area contributed by atoms with E-state index in [2.05, 4.69) is 4.98 Å². The van der Waals surface area contributed by atoms with Crippen LogP contribution in [-0.2, 0) is 6.54 Å². The van der Waals surface area contributed by atoms with Gasteiger partial charge in [0, 0.05) is 6.92 Å². The van der Waals surface area contributed by atoms with E-state index in [1.807, 2.05) is 13.8 Å². The Labute approximate surface area is 78.2 Å². The first kappa shape index (κ1) is 13.3. The van der Waals surface area contributed by atoms with Crippen LogP contribution in [-0.4, -0.2) is 4.98 Å². The molecule has 2 N–H and O–H groups in total. The molecule has 0 radical (unpaired) electrons. The molecular weight excluding hydrogens is 187 g/mol. The summed E-state index contributed by atoms with van der Waals surface area (Å²) in [7, 11) is 0. The maximum atomic E-state index is 5.33. The van der Waals surface area contributed by atoms with Crippen LogP contribution in [0.3, 0.4) is 0 Å². The van der Waals surface area contributed by atoms with E-state index in [-0.39, 0.29) is 24.8 Å². The van der Waals surface area contributed by atoms with Crippen molar-refractivity contribution in [1.82, 2.24) is 4.98 Å². The van der Waals surface area contributed by atoms with Gasteiger partial charge in [-0.1, -0.05) is 0 Å². The third kappa shape index (κ3) is 3.10. The molecule has 5 heteroatoms. The van der Waals surface area contributed by atoms with E-state index >= 15 is 0 Å². The Balaban J connectivity index is 0. The van der Waals surface area contributed by atoms with Gasteiger partial charge in [-0.05, 0) is 6.92 Å². The highest BCUT2D eigenvalue weighted by Crippen LogP contribution is 2.06. The number of halogens is 2. The van der Waals surface area contributed by atoms with Crippen molar-refractivity contribution in [2.24, 2.45) is 5.73 Å². The normalized spacial score (nSPS) is 8.27. The number of nitrogens with zero attached hydrogens (tertiary/aromatic N) is 1.